The Balaban J connectivity index is 0.00000264. The van der Waals surface area contributed by atoms with Crippen LogP contribution in [0, 0.1) is 5.41 Å². The van der Waals surface area contributed by atoms with Crippen LogP contribution in [-0.2, 0) is 9.53 Å². The van der Waals surface area contributed by atoms with Crippen LogP contribution in [0.3, 0.4) is 0 Å². The number of halogens is 1. The van der Waals surface area contributed by atoms with E-state index in [4.69, 9.17) is 4.74 Å². The van der Waals surface area contributed by atoms with Crippen LogP contribution >= 0.6 is 24.0 Å². The molecule has 0 bridgehead atoms. The van der Waals surface area contributed by atoms with Crippen molar-refractivity contribution in [1.82, 2.24) is 15.5 Å². The van der Waals surface area contributed by atoms with Gasteiger partial charge >= 0.3 is 0 Å². The zero-order chi connectivity index (χ0) is 16.0. The number of rotatable bonds is 4. The zero-order valence-electron chi connectivity index (χ0n) is 14.6. The van der Waals surface area contributed by atoms with Crippen LogP contribution < -0.4 is 10.6 Å². The van der Waals surface area contributed by atoms with Crippen molar-refractivity contribution in [1.29, 1.82) is 0 Å². The highest BCUT2D eigenvalue weighted by atomic mass is 127. The molecule has 7 heteroatoms. The minimum absolute atomic E-state index is 0. The molecular weight excluding hydrogens is 407 g/mol. The molecule has 0 aromatic heterocycles. The number of hydrogen-bond donors (Lipinski definition) is 2. The normalized spacial score (nSPS) is 21.4. The maximum Gasteiger partial charge on any atom is 0.230 e. The third-order valence-corrected chi connectivity index (χ3v) is 4.80. The van der Waals surface area contributed by atoms with E-state index in [0.29, 0.717) is 12.6 Å². The molecule has 2 fully saturated rings. The molecule has 1 amide bonds. The van der Waals surface area contributed by atoms with Gasteiger partial charge in [-0.05, 0) is 25.7 Å². The van der Waals surface area contributed by atoms with Gasteiger partial charge in [-0.1, -0.05) is 12.8 Å². The number of ether oxygens (including phenoxy) is 1. The van der Waals surface area contributed by atoms with Crippen LogP contribution in [0.2, 0.25) is 0 Å². The number of nitrogens with one attached hydrogen (secondary N) is 2. The second-order valence-electron chi connectivity index (χ2n) is 6.64. The average molecular weight is 438 g/mol. The summed E-state index contributed by atoms with van der Waals surface area (Å²) < 4.78 is 5.38. The van der Waals surface area contributed by atoms with Crippen molar-refractivity contribution < 1.29 is 9.53 Å². The summed E-state index contributed by atoms with van der Waals surface area (Å²) in [5.41, 5.74) is -0.267. The predicted molar refractivity (Wildman–Crippen MR) is 103 cm³/mol. The second-order valence-corrected chi connectivity index (χ2v) is 6.64. The maximum atomic E-state index is 12.6. The van der Waals surface area contributed by atoms with Gasteiger partial charge in [-0.25, -0.2) is 0 Å². The lowest BCUT2D eigenvalue weighted by molar-refractivity contribution is -0.138. The molecule has 134 valence electrons. The van der Waals surface area contributed by atoms with Crippen molar-refractivity contribution >= 4 is 35.8 Å². The van der Waals surface area contributed by atoms with E-state index in [-0.39, 0.29) is 35.3 Å². The standard InChI is InChI=1S/C16H30N4O2.HI/c1-17-15(19-13-6-10-22-11-7-13)18-12-16(8-4-5-9-16)14(21)20(2)3;/h13H,4-12H2,1-3H3,(H2,17,18,19);1H. The van der Waals surface area contributed by atoms with Crippen LogP contribution in [0.4, 0.5) is 0 Å². The van der Waals surface area contributed by atoms with Crippen LogP contribution in [0.15, 0.2) is 4.99 Å². The minimum Gasteiger partial charge on any atom is -0.381 e. The van der Waals surface area contributed by atoms with Crippen molar-refractivity contribution in [3.8, 4) is 0 Å². The van der Waals surface area contributed by atoms with Gasteiger partial charge in [0.15, 0.2) is 5.96 Å². The maximum absolute atomic E-state index is 12.6. The zero-order valence-corrected chi connectivity index (χ0v) is 16.9. The van der Waals surface area contributed by atoms with Crippen molar-refractivity contribution in [3.63, 3.8) is 0 Å². The summed E-state index contributed by atoms with van der Waals surface area (Å²) in [5.74, 6) is 1.03. The molecule has 2 N–H and O–H groups in total. The number of nitrogens with zero attached hydrogens (tertiary/aromatic N) is 2. The first kappa shape index (κ1) is 20.5. The molecule has 1 saturated heterocycles. The summed E-state index contributed by atoms with van der Waals surface area (Å²) >= 11 is 0. The Hall–Kier alpha value is -0.570. The van der Waals surface area contributed by atoms with Crippen molar-refractivity contribution in [2.24, 2.45) is 10.4 Å². The molecule has 6 nitrogen and oxygen atoms in total. The Labute approximate surface area is 156 Å². The van der Waals surface area contributed by atoms with Crippen molar-refractivity contribution in [2.75, 3.05) is 40.9 Å². The van der Waals surface area contributed by atoms with E-state index in [2.05, 4.69) is 15.6 Å². The fourth-order valence-corrected chi connectivity index (χ4v) is 3.48. The SMILES string of the molecule is CN=C(NCC1(C(=O)N(C)C)CCCC1)NC1CCOCC1.I. The number of hydrogen-bond acceptors (Lipinski definition) is 3. The lowest BCUT2D eigenvalue weighted by atomic mass is 9.84. The first-order chi connectivity index (χ1) is 10.6. The highest BCUT2D eigenvalue weighted by Gasteiger charge is 2.42. The van der Waals surface area contributed by atoms with Crippen LogP contribution in [-0.4, -0.2) is 63.7 Å². The minimum atomic E-state index is -0.267. The topological polar surface area (TPSA) is 66.0 Å². The molecule has 1 heterocycles. The number of carbonyl (C=O) groups is 1. The monoisotopic (exact) mass is 438 g/mol. The number of guanidine groups is 1. The summed E-state index contributed by atoms with van der Waals surface area (Å²) in [4.78, 5) is 18.6. The van der Waals surface area contributed by atoms with Gasteiger partial charge in [0.1, 0.15) is 0 Å². The van der Waals surface area contributed by atoms with E-state index in [0.717, 1.165) is 57.7 Å². The average Bonchev–Trinajstić information content (AvgIpc) is 3.01. The van der Waals surface area contributed by atoms with Gasteiger partial charge in [0.25, 0.3) is 0 Å². The highest BCUT2D eigenvalue weighted by molar-refractivity contribution is 14.0. The molecule has 0 spiro atoms. The summed E-state index contributed by atoms with van der Waals surface area (Å²) in [7, 11) is 5.47. The Morgan fingerprint density at radius 3 is 2.39 bits per heavy atom. The Morgan fingerprint density at radius 1 is 1.26 bits per heavy atom. The lowest BCUT2D eigenvalue weighted by Crippen LogP contribution is -2.51. The first-order valence-corrected chi connectivity index (χ1v) is 8.34. The van der Waals surface area contributed by atoms with Gasteiger partial charge in [0, 0.05) is 46.9 Å². The molecule has 1 aliphatic carbocycles. The summed E-state index contributed by atoms with van der Waals surface area (Å²) in [6, 6.07) is 0.407. The number of amides is 1. The van der Waals surface area contributed by atoms with Gasteiger partial charge in [-0.2, -0.15) is 0 Å². The Kier molecular flexibility index (Phi) is 8.60. The van der Waals surface area contributed by atoms with E-state index >= 15 is 0 Å². The fourth-order valence-electron chi connectivity index (χ4n) is 3.48. The highest BCUT2D eigenvalue weighted by Crippen LogP contribution is 2.38. The largest absolute Gasteiger partial charge is 0.381 e. The van der Waals surface area contributed by atoms with Crippen molar-refractivity contribution in [3.05, 3.63) is 0 Å². The van der Waals surface area contributed by atoms with E-state index in [1.807, 2.05) is 14.1 Å². The summed E-state index contributed by atoms with van der Waals surface area (Å²) in [6.45, 7) is 2.27. The predicted octanol–water partition coefficient (Wildman–Crippen LogP) is 1.60. The molecule has 0 radical (unpaired) electrons. The van der Waals surface area contributed by atoms with Gasteiger partial charge in [-0.3, -0.25) is 9.79 Å². The summed E-state index contributed by atoms with van der Waals surface area (Å²) in [5, 5.41) is 6.83. The summed E-state index contributed by atoms with van der Waals surface area (Å²) in [6.07, 6.45) is 6.20. The third-order valence-electron chi connectivity index (χ3n) is 4.80. The van der Waals surface area contributed by atoms with E-state index in [1.165, 1.54) is 0 Å². The molecule has 1 saturated carbocycles. The van der Waals surface area contributed by atoms with Gasteiger partial charge < -0.3 is 20.3 Å². The number of carbonyl (C=O) groups excluding carboxylic acids is 1. The molecule has 0 aromatic rings. The van der Waals surface area contributed by atoms with Gasteiger partial charge in [0.2, 0.25) is 5.91 Å². The van der Waals surface area contributed by atoms with Crippen molar-refractivity contribution in [2.45, 2.75) is 44.6 Å². The number of aliphatic imine (C=N–C) groups is 1. The lowest BCUT2D eigenvalue weighted by Gasteiger charge is -2.32. The van der Waals surface area contributed by atoms with Crippen LogP contribution in [0.5, 0.6) is 0 Å². The quantitative estimate of drug-likeness (QED) is 0.398. The Morgan fingerprint density at radius 2 is 1.87 bits per heavy atom. The molecule has 0 atom stereocenters. The van der Waals surface area contributed by atoms with Crippen LogP contribution in [0.25, 0.3) is 0 Å². The molecule has 0 unspecified atom stereocenters. The molecular formula is C16H31IN4O2. The molecule has 1 aliphatic heterocycles. The van der Waals surface area contributed by atoms with Gasteiger partial charge in [0.05, 0.1) is 5.41 Å². The molecule has 0 aromatic carbocycles. The first-order valence-electron chi connectivity index (χ1n) is 8.34. The molecule has 23 heavy (non-hydrogen) atoms. The van der Waals surface area contributed by atoms with E-state index in [9.17, 15) is 4.79 Å². The third kappa shape index (κ3) is 5.48. The smallest absolute Gasteiger partial charge is 0.230 e. The van der Waals surface area contributed by atoms with Gasteiger partial charge in [-0.15, -0.1) is 24.0 Å². The fraction of sp³-hybridized carbons (Fsp3) is 0.875. The second kappa shape index (κ2) is 9.66. The molecule has 2 rings (SSSR count). The van der Waals surface area contributed by atoms with E-state index in [1.54, 1.807) is 11.9 Å². The van der Waals surface area contributed by atoms with Crippen LogP contribution in [0.1, 0.15) is 38.5 Å². The molecule has 2 aliphatic rings. The Bertz CT molecular complexity index is 403. The van der Waals surface area contributed by atoms with E-state index < -0.39 is 0 Å².